The number of fused-ring (bicyclic) bond motifs is 1. The highest BCUT2D eigenvalue weighted by atomic mass is 31.3. The smallest absolute Gasteiger partial charge is 0.387 e. The number of imidazole rings is 1. The Kier molecular flexibility index (Phi) is 6.26. The molecule has 1 aromatic carbocycles. The average Bonchev–Trinajstić information content (AvgIpc) is 3.29. The van der Waals surface area contributed by atoms with Gasteiger partial charge < -0.3 is 24.7 Å². The number of aliphatic hydroxyl groups is 2. The fraction of sp³-hybridized carbons (Fsp3) is 0.312. The summed E-state index contributed by atoms with van der Waals surface area (Å²) in [4.78, 5) is 49.1. The maximum absolute atomic E-state index is 12.6. The summed E-state index contributed by atoms with van der Waals surface area (Å²) in [5.74, 6) is 0. The number of para-hydroxylation sites is 2. The zero-order chi connectivity index (χ0) is 24.0. The van der Waals surface area contributed by atoms with E-state index < -0.39 is 58.0 Å². The number of aromatic nitrogens is 4. The summed E-state index contributed by atoms with van der Waals surface area (Å²) in [6, 6.07) is 7.18. The standard InChI is InChI=1S/C16H18N4O11P2/c21-12-5-6-19(16(24)18-12)15-14(23)13(22)11(30-15)7-29-33(27,28)31-32(25,26)20-8-17-9-3-1-2-4-10(9)20/h1-6,8,11,13-15,22-23H,7H2,(H,25,26)(H,27,28)(H,18,21,24)/t11-,13-,14-,15-/m1/s1. The number of benzene rings is 1. The second kappa shape index (κ2) is 8.72. The quantitative estimate of drug-likeness (QED) is 0.252. The van der Waals surface area contributed by atoms with E-state index in [2.05, 4.69) is 9.29 Å². The minimum atomic E-state index is -5.19. The molecule has 5 N–H and O–H groups in total. The monoisotopic (exact) mass is 504 g/mol. The zero-order valence-corrected chi connectivity index (χ0v) is 18.2. The third-order valence-corrected chi connectivity index (χ3v) is 7.80. The van der Waals surface area contributed by atoms with Gasteiger partial charge in [-0.2, -0.15) is 4.31 Å². The van der Waals surface area contributed by atoms with Gasteiger partial charge in [0.1, 0.15) is 24.6 Å². The third-order valence-electron chi connectivity index (χ3n) is 4.78. The summed E-state index contributed by atoms with van der Waals surface area (Å²) < 4.78 is 40.9. The van der Waals surface area contributed by atoms with E-state index in [-0.39, 0.29) is 5.52 Å². The fourth-order valence-electron chi connectivity index (χ4n) is 3.24. The minimum Gasteiger partial charge on any atom is -0.387 e. The Labute approximate surface area is 183 Å². The molecule has 0 spiro atoms. The number of rotatable bonds is 7. The Balaban J connectivity index is 1.45. The van der Waals surface area contributed by atoms with E-state index in [0.29, 0.717) is 9.85 Å². The number of H-pyrrole nitrogens is 1. The minimum absolute atomic E-state index is 0.162. The topological polar surface area (TPSA) is 215 Å². The molecule has 0 radical (unpaired) electrons. The zero-order valence-electron chi connectivity index (χ0n) is 16.4. The molecule has 1 fully saturated rings. The van der Waals surface area contributed by atoms with Crippen molar-refractivity contribution in [1.29, 1.82) is 0 Å². The molecule has 33 heavy (non-hydrogen) atoms. The van der Waals surface area contributed by atoms with Gasteiger partial charge in [0.15, 0.2) is 6.23 Å². The molecule has 0 aliphatic carbocycles. The molecule has 1 aliphatic rings. The van der Waals surface area contributed by atoms with Gasteiger partial charge in [0.2, 0.25) is 0 Å². The lowest BCUT2D eigenvalue weighted by atomic mass is 10.1. The lowest BCUT2D eigenvalue weighted by Gasteiger charge is -2.20. The molecule has 3 heterocycles. The van der Waals surface area contributed by atoms with Gasteiger partial charge >= 0.3 is 21.3 Å². The van der Waals surface area contributed by atoms with Gasteiger partial charge in [-0.25, -0.2) is 23.2 Å². The van der Waals surface area contributed by atoms with Crippen molar-refractivity contribution >= 4 is 26.6 Å². The Hall–Kier alpha value is -2.45. The number of nitrogens with zero attached hydrogens (tertiary/aromatic N) is 3. The number of hydrogen-bond donors (Lipinski definition) is 5. The van der Waals surface area contributed by atoms with E-state index in [1.165, 1.54) is 6.07 Å². The van der Waals surface area contributed by atoms with Crippen LogP contribution in [-0.4, -0.2) is 63.8 Å². The summed E-state index contributed by atoms with van der Waals surface area (Å²) in [5.41, 5.74) is -1.12. The number of hydrogen-bond acceptors (Lipinski definition) is 10. The van der Waals surface area contributed by atoms with Gasteiger partial charge in [-0.15, -0.1) is 0 Å². The SMILES string of the molecule is O=c1ccn([C@@H]2O[C@H](COP(=O)(O)OP(=O)(O)n3cnc4ccccc43)[C@@H](O)[C@H]2O)c(=O)[nH]1. The summed E-state index contributed by atoms with van der Waals surface area (Å²) in [6.07, 6.45) is -4.23. The molecule has 6 atom stereocenters. The van der Waals surface area contributed by atoms with E-state index in [1.54, 1.807) is 18.2 Å². The van der Waals surface area contributed by atoms with Crippen LogP contribution >= 0.6 is 15.6 Å². The average molecular weight is 504 g/mol. The highest BCUT2D eigenvalue weighted by Crippen LogP contribution is 2.61. The number of phosphoric acid groups is 1. The molecule has 0 amide bonds. The molecular formula is C16H18N4O11P2. The molecule has 0 saturated carbocycles. The lowest BCUT2D eigenvalue weighted by molar-refractivity contribution is -0.0541. The molecule has 17 heteroatoms. The van der Waals surface area contributed by atoms with Crippen LogP contribution in [-0.2, 0) is 22.7 Å². The van der Waals surface area contributed by atoms with Crippen LogP contribution < -0.4 is 11.2 Å². The van der Waals surface area contributed by atoms with Crippen molar-refractivity contribution in [2.75, 3.05) is 6.61 Å². The molecule has 1 saturated heterocycles. The molecule has 15 nitrogen and oxygen atoms in total. The van der Waals surface area contributed by atoms with Gasteiger partial charge in [0.25, 0.3) is 5.56 Å². The summed E-state index contributed by atoms with van der Waals surface area (Å²) in [6.45, 7) is -0.856. The van der Waals surface area contributed by atoms with Crippen LogP contribution in [0.3, 0.4) is 0 Å². The van der Waals surface area contributed by atoms with Crippen molar-refractivity contribution < 1.29 is 42.7 Å². The number of aliphatic hydroxyl groups excluding tert-OH is 2. The van der Waals surface area contributed by atoms with Crippen molar-refractivity contribution in [3.63, 3.8) is 0 Å². The molecule has 0 bridgehead atoms. The summed E-state index contributed by atoms with van der Waals surface area (Å²) >= 11 is 0. The third kappa shape index (κ3) is 4.77. The second-order valence-electron chi connectivity index (χ2n) is 6.98. The first-order chi connectivity index (χ1) is 15.5. The van der Waals surface area contributed by atoms with Crippen molar-refractivity contribution in [3.05, 3.63) is 63.7 Å². The van der Waals surface area contributed by atoms with Crippen molar-refractivity contribution in [1.82, 2.24) is 18.9 Å². The number of aromatic amines is 1. The molecule has 2 aromatic heterocycles. The van der Waals surface area contributed by atoms with Crippen LogP contribution in [0.1, 0.15) is 6.23 Å². The van der Waals surface area contributed by atoms with Crippen molar-refractivity contribution in [3.8, 4) is 0 Å². The molecule has 4 rings (SSSR count). The van der Waals surface area contributed by atoms with Crippen LogP contribution in [0.2, 0.25) is 0 Å². The van der Waals surface area contributed by atoms with Gasteiger partial charge in [-0.1, -0.05) is 12.1 Å². The van der Waals surface area contributed by atoms with E-state index in [1.807, 2.05) is 4.98 Å². The van der Waals surface area contributed by atoms with Crippen molar-refractivity contribution in [2.45, 2.75) is 24.5 Å². The predicted octanol–water partition coefficient (Wildman–Crippen LogP) is -0.712. The number of nitrogens with one attached hydrogen (secondary N) is 1. The van der Waals surface area contributed by atoms with Crippen LogP contribution in [0.5, 0.6) is 0 Å². The Bertz CT molecular complexity index is 1380. The maximum Gasteiger partial charge on any atom is 0.480 e. The fourth-order valence-corrected chi connectivity index (χ4v) is 5.77. The predicted molar refractivity (Wildman–Crippen MR) is 109 cm³/mol. The first-order valence-electron chi connectivity index (χ1n) is 9.26. The first-order valence-corrected chi connectivity index (χ1v) is 12.3. The largest absolute Gasteiger partial charge is 0.480 e. The van der Waals surface area contributed by atoms with E-state index >= 15 is 0 Å². The van der Waals surface area contributed by atoms with Gasteiger partial charge in [-0.05, 0) is 12.1 Å². The summed E-state index contributed by atoms with van der Waals surface area (Å²) in [5, 5.41) is 20.3. The Morgan fingerprint density at radius 3 is 2.58 bits per heavy atom. The van der Waals surface area contributed by atoms with Crippen molar-refractivity contribution in [2.24, 2.45) is 0 Å². The molecule has 178 valence electrons. The van der Waals surface area contributed by atoms with E-state index in [9.17, 15) is 38.7 Å². The Morgan fingerprint density at radius 1 is 1.12 bits per heavy atom. The van der Waals surface area contributed by atoms with Crippen LogP contribution in [0.25, 0.3) is 11.0 Å². The lowest BCUT2D eigenvalue weighted by Crippen LogP contribution is -2.37. The number of phosphoric ester groups is 1. The van der Waals surface area contributed by atoms with Gasteiger partial charge in [-0.3, -0.25) is 18.9 Å². The Morgan fingerprint density at radius 2 is 1.85 bits per heavy atom. The second-order valence-corrected chi connectivity index (χ2v) is 10.2. The maximum atomic E-state index is 12.6. The van der Waals surface area contributed by atoms with E-state index in [4.69, 9.17) is 9.26 Å². The van der Waals surface area contributed by atoms with Crippen LogP contribution in [0, 0.1) is 0 Å². The summed E-state index contributed by atoms with van der Waals surface area (Å²) in [7, 11) is -10.1. The van der Waals surface area contributed by atoms with Gasteiger partial charge in [0, 0.05) is 12.3 Å². The van der Waals surface area contributed by atoms with E-state index in [0.717, 1.165) is 23.2 Å². The van der Waals surface area contributed by atoms with Gasteiger partial charge in [0.05, 0.1) is 17.6 Å². The molecule has 3 aromatic rings. The molecule has 2 unspecified atom stereocenters. The highest BCUT2D eigenvalue weighted by Gasteiger charge is 2.46. The highest BCUT2D eigenvalue weighted by molar-refractivity contribution is 7.63. The molecule has 1 aliphatic heterocycles. The number of ether oxygens (including phenoxy) is 1. The van der Waals surface area contributed by atoms with Crippen LogP contribution in [0.4, 0.5) is 0 Å². The normalized spacial score (nSPS) is 26.8. The first kappa shape index (κ1) is 23.7. The molecular weight excluding hydrogens is 486 g/mol. The van der Waals surface area contributed by atoms with Crippen LogP contribution in [0.15, 0.2) is 52.4 Å².